The average molecular weight is 1440 g/mol. The first-order valence-corrected chi connectivity index (χ1v) is 38.7. The summed E-state index contributed by atoms with van der Waals surface area (Å²) in [6.07, 6.45) is 5.95. The molecular weight excluding hydrogens is 1370 g/mol. The Balaban J connectivity index is 0.000000139. The molecule has 15 aromatic carbocycles. The van der Waals surface area contributed by atoms with Crippen LogP contribution in [-0.2, 0) is 10.8 Å². The highest BCUT2D eigenvalue weighted by molar-refractivity contribution is 6.15. The number of aromatic nitrogens is 6. The molecule has 113 heavy (non-hydrogen) atoms. The number of fused-ring (bicyclic) bond motifs is 16. The Hall–Kier alpha value is -14.9. The standard InChI is InChI=1S/C56H35N3.C51H33N3/c1-3-13-42(14-4-1)56(43-15-5-2-6-16-43)49-19-9-7-17-44(49)47-34-48-46(35-50(47)56)45-18-8-10-20-52(45)59-53(48)40-27-23-37(24-28-40)36-21-25-38(26-22-36)51-32-31-41-30-29-39-12-11-33-57-54(39)55(41)58-51;1-3-13-38(14-4-1)51(39-15-5-2-6-16-39)45-19-9-7-17-40(45)43-31-44-42(32-46(43)51)41-18-8-10-20-47(41)53-50(44)37-28-24-35(25-29-37)34-22-26-36(27-23-34)48-33-54-30-12-11-21-49(54)52-48/h1-35H;1-33H. The van der Waals surface area contributed by atoms with E-state index in [1.54, 1.807) is 0 Å². The fourth-order valence-electron chi connectivity index (χ4n) is 18.5. The summed E-state index contributed by atoms with van der Waals surface area (Å²) in [6, 6.07) is 143. The van der Waals surface area contributed by atoms with Crippen molar-refractivity contribution in [1.82, 2.24) is 29.3 Å². The summed E-state index contributed by atoms with van der Waals surface area (Å²) in [5.74, 6) is 0. The Morgan fingerprint density at radius 2 is 0.619 bits per heavy atom. The van der Waals surface area contributed by atoms with Crippen molar-refractivity contribution in [3.63, 3.8) is 0 Å². The van der Waals surface area contributed by atoms with E-state index in [2.05, 4.69) is 386 Å². The summed E-state index contributed by atoms with van der Waals surface area (Å²) in [7, 11) is 0. The Morgan fingerprint density at radius 1 is 0.230 bits per heavy atom. The second-order valence-corrected chi connectivity index (χ2v) is 29.7. The van der Waals surface area contributed by atoms with Crippen LogP contribution in [-0.4, -0.2) is 29.3 Å². The third-order valence-electron chi connectivity index (χ3n) is 23.7. The lowest BCUT2D eigenvalue weighted by atomic mass is 9.67. The number of pyridine rings is 5. The molecule has 0 unspecified atom stereocenters. The van der Waals surface area contributed by atoms with Crippen molar-refractivity contribution in [2.45, 2.75) is 10.8 Å². The molecule has 0 radical (unpaired) electrons. The van der Waals surface area contributed by atoms with Crippen molar-refractivity contribution in [1.29, 1.82) is 0 Å². The molecule has 0 aliphatic heterocycles. The van der Waals surface area contributed by atoms with Crippen LogP contribution in [0.1, 0.15) is 44.5 Å². The molecule has 0 saturated heterocycles. The van der Waals surface area contributed by atoms with Crippen LogP contribution in [0.2, 0.25) is 0 Å². The molecule has 0 amide bonds. The Labute approximate surface area is 653 Å². The second-order valence-electron chi connectivity index (χ2n) is 29.7. The van der Waals surface area contributed by atoms with Gasteiger partial charge in [0.25, 0.3) is 0 Å². The van der Waals surface area contributed by atoms with E-state index in [0.717, 1.165) is 127 Å². The normalized spacial score (nSPS) is 12.9. The molecule has 6 nitrogen and oxygen atoms in total. The molecule has 0 saturated carbocycles. The van der Waals surface area contributed by atoms with Crippen molar-refractivity contribution in [3.8, 4) is 89.5 Å². The third-order valence-corrected chi connectivity index (χ3v) is 23.7. The lowest BCUT2D eigenvalue weighted by Crippen LogP contribution is -2.28. The lowest BCUT2D eigenvalue weighted by molar-refractivity contribution is 0.769. The molecule has 0 spiro atoms. The fraction of sp³-hybridized carbons (Fsp3) is 0.0187. The number of benzene rings is 15. The van der Waals surface area contributed by atoms with E-state index in [9.17, 15) is 0 Å². The summed E-state index contributed by atoms with van der Waals surface area (Å²) in [4.78, 5) is 25.3. The monoisotopic (exact) mass is 1440 g/mol. The highest BCUT2D eigenvalue weighted by Crippen LogP contribution is 2.60. The second kappa shape index (κ2) is 26.5. The highest BCUT2D eigenvalue weighted by atomic mass is 15.0. The Morgan fingerprint density at radius 3 is 1.09 bits per heavy atom. The summed E-state index contributed by atoms with van der Waals surface area (Å²) < 4.78 is 2.06. The van der Waals surface area contributed by atoms with Crippen LogP contribution in [0.3, 0.4) is 0 Å². The summed E-state index contributed by atoms with van der Waals surface area (Å²) in [5, 5.41) is 9.23. The largest absolute Gasteiger partial charge is 0.306 e. The van der Waals surface area contributed by atoms with Gasteiger partial charge in [0.05, 0.1) is 55.7 Å². The van der Waals surface area contributed by atoms with Crippen LogP contribution in [0.4, 0.5) is 0 Å². The van der Waals surface area contributed by atoms with Gasteiger partial charge < -0.3 is 4.40 Å². The fourth-order valence-corrected chi connectivity index (χ4v) is 18.5. The molecule has 6 heteroatoms. The highest BCUT2D eigenvalue weighted by Gasteiger charge is 2.48. The zero-order valence-electron chi connectivity index (χ0n) is 61.4. The van der Waals surface area contributed by atoms with Crippen molar-refractivity contribution < 1.29 is 0 Å². The molecule has 0 atom stereocenters. The van der Waals surface area contributed by atoms with Crippen LogP contribution in [0, 0.1) is 0 Å². The Bertz CT molecular complexity index is 7190. The van der Waals surface area contributed by atoms with Gasteiger partial charge in [-0.2, -0.15) is 0 Å². The molecular formula is C107H68N6. The number of nitrogens with zero attached hydrogens (tertiary/aromatic N) is 6. The van der Waals surface area contributed by atoms with Crippen LogP contribution < -0.4 is 0 Å². The first kappa shape index (κ1) is 65.3. The Kier molecular flexibility index (Phi) is 15.3. The van der Waals surface area contributed by atoms with E-state index in [-0.39, 0.29) is 0 Å². The van der Waals surface area contributed by atoms with Gasteiger partial charge in [0.2, 0.25) is 0 Å². The molecule has 0 N–H and O–H groups in total. The minimum Gasteiger partial charge on any atom is -0.306 e. The molecule has 2 aliphatic carbocycles. The maximum Gasteiger partial charge on any atom is 0.137 e. The number of hydrogen-bond acceptors (Lipinski definition) is 5. The van der Waals surface area contributed by atoms with Gasteiger partial charge in [0, 0.05) is 73.2 Å². The van der Waals surface area contributed by atoms with Gasteiger partial charge in [-0.25, -0.2) is 19.9 Å². The van der Waals surface area contributed by atoms with Gasteiger partial charge in [-0.05, 0) is 160 Å². The summed E-state index contributed by atoms with van der Waals surface area (Å²) >= 11 is 0. The van der Waals surface area contributed by atoms with Gasteiger partial charge in [-0.15, -0.1) is 0 Å². The van der Waals surface area contributed by atoms with E-state index in [1.165, 1.54) is 77.5 Å². The van der Waals surface area contributed by atoms with E-state index in [1.807, 2.05) is 36.7 Å². The predicted octanol–water partition coefficient (Wildman–Crippen LogP) is 26.2. The molecule has 6 heterocycles. The zero-order chi connectivity index (χ0) is 74.6. The molecule has 0 bridgehead atoms. The average Bonchev–Trinajstić information content (AvgIpc) is 1.54. The third kappa shape index (κ3) is 10.5. The van der Waals surface area contributed by atoms with Gasteiger partial charge in [-0.3, -0.25) is 4.98 Å². The van der Waals surface area contributed by atoms with E-state index < -0.39 is 10.8 Å². The molecule has 526 valence electrons. The number of hydrogen-bond donors (Lipinski definition) is 0. The molecule has 6 aromatic heterocycles. The van der Waals surface area contributed by atoms with Gasteiger partial charge >= 0.3 is 0 Å². The summed E-state index contributed by atoms with van der Waals surface area (Å²) in [6.45, 7) is 0. The van der Waals surface area contributed by atoms with E-state index in [4.69, 9.17) is 19.9 Å². The van der Waals surface area contributed by atoms with Crippen LogP contribution in [0.5, 0.6) is 0 Å². The predicted molar refractivity (Wildman–Crippen MR) is 465 cm³/mol. The molecule has 0 fully saturated rings. The first-order valence-electron chi connectivity index (χ1n) is 38.7. The minimum absolute atomic E-state index is 0.463. The number of rotatable bonds is 10. The van der Waals surface area contributed by atoms with E-state index >= 15 is 0 Å². The molecule has 2 aliphatic rings. The topological polar surface area (TPSA) is 68.9 Å². The van der Waals surface area contributed by atoms with E-state index in [0.29, 0.717) is 0 Å². The first-order chi connectivity index (χ1) is 56.0. The van der Waals surface area contributed by atoms with Gasteiger partial charge in [0.15, 0.2) is 0 Å². The number of para-hydroxylation sites is 2. The smallest absolute Gasteiger partial charge is 0.137 e. The van der Waals surface area contributed by atoms with Crippen molar-refractivity contribution >= 4 is 70.8 Å². The van der Waals surface area contributed by atoms with Crippen molar-refractivity contribution in [3.05, 3.63) is 457 Å². The quantitative estimate of drug-likeness (QED) is 0.128. The van der Waals surface area contributed by atoms with Gasteiger partial charge in [0.1, 0.15) is 5.65 Å². The SMILES string of the molecule is c1ccc(C2(c3ccccc3)c3ccccc3-c3cc4c(-c5ccc(-c6ccc(-c7ccc8ccc9cccnc9c8n7)cc6)cc5)nc5ccccc5c4cc32)cc1.c1ccc(C2(c3ccccc3)c3ccccc3-c3cc4c(-c5ccc(-c6ccc(-c7cn8ccccc8n7)cc6)cc5)nc5ccccc5c4cc32)cc1. The lowest BCUT2D eigenvalue weighted by Gasteiger charge is -2.34. The van der Waals surface area contributed by atoms with Crippen molar-refractivity contribution in [2.75, 3.05) is 0 Å². The maximum absolute atomic E-state index is 5.38. The van der Waals surface area contributed by atoms with Crippen LogP contribution in [0.15, 0.2) is 413 Å². The number of imidazole rings is 1. The van der Waals surface area contributed by atoms with Crippen LogP contribution in [0.25, 0.3) is 160 Å². The zero-order valence-corrected chi connectivity index (χ0v) is 61.4. The van der Waals surface area contributed by atoms with Crippen LogP contribution >= 0.6 is 0 Å². The van der Waals surface area contributed by atoms with Gasteiger partial charge in [-0.1, -0.05) is 334 Å². The summed E-state index contributed by atoms with van der Waals surface area (Å²) in [5.41, 5.74) is 32.0. The molecule has 21 aromatic rings. The maximum atomic E-state index is 5.38. The molecule has 23 rings (SSSR count). The van der Waals surface area contributed by atoms with Crippen molar-refractivity contribution in [2.24, 2.45) is 0 Å². The minimum atomic E-state index is -0.472.